The van der Waals surface area contributed by atoms with Gasteiger partial charge in [0.1, 0.15) is 0 Å². The van der Waals surface area contributed by atoms with E-state index in [2.05, 4.69) is 19.6 Å². The van der Waals surface area contributed by atoms with Crippen LogP contribution in [0.25, 0.3) is 4.96 Å². The minimum absolute atomic E-state index is 0.0141. The van der Waals surface area contributed by atoms with Crippen LogP contribution < -0.4 is 5.32 Å². The van der Waals surface area contributed by atoms with Crippen molar-refractivity contribution in [3.63, 3.8) is 0 Å². The number of imidazole rings is 1. The van der Waals surface area contributed by atoms with Gasteiger partial charge in [-0.05, 0) is 39.8 Å². The molecule has 0 saturated carbocycles. The highest BCUT2D eigenvalue weighted by molar-refractivity contribution is 7.15. The minimum Gasteiger partial charge on any atom is -0.379 e. The van der Waals surface area contributed by atoms with Crippen molar-refractivity contribution in [2.45, 2.75) is 51.9 Å². The fourth-order valence-electron chi connectivity index (χ4n) is 4.46. The predicted molar refractivity (Wildman–Crippen MR) is 122 cm³/mol. The Kier molecular flexibility index (Phi) is 7.95. The number of thiazole rings is 1. The van der Waals surface area contributed by atoms with Gasteiger partial charge in [-0.25, -0.2) is 4.98 Å². The fraction of sp³-hybridized carbons (Fsp3) is 0.727. The number of aromatic nitrogens is 2. The summed E-state index contributed by atoms with van der Waals surface area (Å²) in [6.07, 6.45) is 5.68. The van der Waals surface area contributed by atoms with Crippen LogP contribution in [0.2, 0.25) is 0 Å². The Hall–Kier alpha value is -1.52. The first-order valence-corrected chi connectivity index (χ1v) is 12.4. The molecule has 1 amide bonds. The third-order valence-corrected chi connectivity index (χ3v) is 6.75. The van der Waals surface area contributed by atoms with Gasteiger partial charge in [0.25, 0.3) is 5.91 Å². The van der Waals surface area contributed by atoms with Crippen LogP contribution in [0.3, 0.4) is 0 Å². The first kappa shape index (κ1) is 22.7. The standard InChI is InChI=1S/C22H35N5O3S/c1-17-15-26(16-18(2)30-17)21(28)20-19(27-10-13-31-22(27)24-20)14-23-6-4-3-5-7-25-8-11-29-12-9-25/h10,13,17-18,23H,3-9,11-12,14-16H2,1-2H3. The highest BCUT2D eigenvalue weighted by Gasteiger charge is 2.30. The molecule has 4 heterocycles. The Morgan fingerprint density at radius 3 is 2.74 bits per heavy atom. The van der Waals surface area contributed by atoms with E-state index in [1.165, 1.54) is 12.8 Å². The Balaban J connectivity index is 1.28. The highest BCUT2D eigenvalue weighted by atomic mass is 32.1. The number of amides is 1. The minimum atomic E-state index is 0.0141. The Morgan fingerprint density at radius 1 is 1.19 bits per heavy atom. The zero-order chi connectivity index (χ0) is 21.6. The molecular formula is C22H35N5O3S. The van der Waals surface area contributed by atoms with E-state index in [-0.39, 0.29) is 18.1 Å². The van der Waals surface area contributed by atoms with E-state index in [0.29, 0.717) is 25.3 Å². The van der Waals surface area contributed by atoms with Gasteiger partial charge in [0, 0.05) is 44.3 Å². The molecule has 2 unspecified atom stereocenters. The smallest absolute Gasteiger partial charge is 0.274 e. The van der Waals surface area contributed by atoms with E-state index in [1.54, 1.807) is 11.3 Å². The lowest BCUT2D eigenvalue weighted by molar-refractivity contribution is -0.0587. The molecule has 0 spiro atoms. The van der Waals surface area contributed by atoms with Crippen molar-refractivity contribution < 1.29 is 14.3 Å². The number of nitrogens with one attached hydrogen (secondary N) is 1. The van der Waals surface area contributed by atoms with Crippen LogP contribution in [-0.2, 0) is 16.0 Å². The van der Waals surface area contributed by atoms with Crippen LogP contribution in [0.1, 0.15) is 49.3 Å². The topological polar surface area (TPSA) is 71.3 Å². The number of carbonyl (C=O) groups excluding carboxylic acids is 1. The molecule has 8 nitrogen and oxygen atoms in total. The van der Waals surface area contributed by atoms with Gasteiger partial charge in [0.15, 0.2) is 10.7 Å². The number of hydrogen-bond acceptors (Lipinski definition) is 7. The van der Waals surface area contributed by atoms with Crippen LogP contribution in [0.15, 0.2) is 11.6 Å². The molecule has 2 aliphatic rings. The molecule has 2 aliphatic heterocycles. The van der Waals surface area contributed by atoms with Crippen LogP contribution >= 0.6 is 11.3 Å². The summed E-state index contributed by atoms with van der Waals surface area (Å²) in [6.45, 7) is 11.9. The van der Waals surface area contributed by atoms with Gasteiger partial charge in [-0.2, -0.15) is 0 Å². The molecule has 31 heavy (non-hydrogen) atoms. The van der Waals surface area contributed by atoms with Gasteiger partial charge in [0.05, 0.1) is 31.1 Å². The number of fused-ring (bicyclic) bond motifs is 1. The molecule has 0 aromatic carbocycles. The largest absolute Gasteiger partial charge is 0.379 e. The van der Waals surface area contributed by atoms with Crippen molar-refractivity contribution in [1.82, 2.24) is 24.5 Å². The second-order valence-corrected chi connectivity index (χ2v) is 9.49. The molecule has 0 bridgehead atoms. The van der Waals surface area contributed by atoms with Crippen LogP contribution in [-0.4, -0.2) is 89.8 Å². The average Bonchev–Trinajstić information content (AvgIpc) is 3.34. The first-order chi connectivity index (χ1) is 15.1. The summed E-state index contributed by atoms with van der Waals surface area (Å²) in [5, 5.41) is 5.56. The molecule has 4 rings (SSSR count). The number of hydrogen-bond donors (Lipinski definition) is 1. The zero-order valence-corrected chi connectivity index (χ0v) is 19.5. The lowest BCUT2D eigenvalue weighted by Gasteiger charge is -2.35. The summed E-state index contributed by atoms with van der Waals surface area (Å²) >= 11 is 1.57. The average molecular weight is 450 g/mol. The van der Waals surface area contributed by atoms with E-state index in [1.807, 2.05) is 30.3 Å². The molecule has 0 radical (unpaired) electrons. The highest BCUT2D eigenvalue weighted by Crippen LogP contribution is 2.21. The monoisotopic (exact) mass is 449 g/mol. The molecule has 2 aromatic heterocycles. The van der Waals surface area contributed by atoms with E-state index in [0.717, 1.165) is 56.5 Å². The van der Waals surface area contributed by atoms with Crippen molar-refractivity contribution in [1.29, 1.82) is 0 Å². The van der Waals surface area contributed by atoms with E-state index in [9.17, 15) is 4.79 Å². The van der Waals surface area contributed by atoms with Gasteiger partial charge in [0.2, 0.25) is 0 Å². The molecule has 2 saturated heterocycles. The van der Waals surface area contributed by atoms with Crippen molar-refractivity contribution in [2.75, 3.05) is 52.5 Å². The molecule has 2 fully saturated rings. The SMILES string of the molecule is CC1CN(C(=O)c2nc3sccn3c2CNCCCCCN2CCOCC2)CC(C)O1. The predicted octanol–water partition coefficient (Wildman–Crippen LogP) is 2.24. The van der Waals surface area contributed by atoms with Gasteiger partial charge >= 0.3 is 0 Å². The quantitative estimate of drug-likeness (QED) is 0.592. The lowest BCUT2D eigenvalue weighted by Crippen LogP contribution is -2.48. The molecule has 2 atom stereocenters. The number of morpholine rings is 2. The second kappa shape index (κ2) is 10.9. The van der Waals surface area contributed by atoms with Crippen molar-refractivity contribution in [3.05, 3.63) is 23.0 Å². The third kappa shape index (κ3) is 5.84. The molecular weight excluding hydrogens is 414 g/mol. The Bertz CT molecular complexity index is 837. The van der Waals surface area contributed by atoms with Crippen LogP contribution in [0.4, 0.5) is 0 Å². The molecule has 0 aliphatic carbocycles. The summed E-state index contributed by atoms with van der Waals surface area (Å²) in [7, 11) is 0. The van der Waals surface area contributed by atoms with Gasteiger partial charge in [-0.15, -0.1) is 11.3 Å². The fourth-order valence-corrected chi connectivity index (χ4v) is 5.19. The Labute approximate surface area is 188 Å². The van der Waals surface area contributed by atoms with E-state index >= 15 is 0 Å². The van der Waals surface area contributed by atoms with Gasteiger partial charge in [-0.3, -0.25) is 14.1 Å². The summed E-state index contributed by atoms with van der Waals surface area (Å²) in [4.78, 5) is 23.2. The normalized spacial score (nSPS) is 23.0. The number of carbonyl (C=O) groups is 1. The summed E-state index contributed by atoms with van der Waals surface area (Å²) < 4.78 is 13.2. The summed E-state index contributed by atoms with van der Waals surface area (Å²) in [6, 6.07) is 0. The molecule has 172 valence electrons. The van der Waals surface area contributed by atoms with Gasteiger partial charge < -0.3 is 19.7 Å². The number of unbranched alkanes of at least 4 members (excludes halogenated alkanes) is 2. The van der Waals surface area contributed by atoms with Crippen LogP contribution in [0, 0.1) is 0 Å². The van der Waals surface area contributed by atoms with Crippen molar-refractivity contribution >= 4 is 22.2 Å². The lowest BCUT2D eigenvalue weighted by atomic mass is 10.2. The Morgan fingerprint density at radius 2 is 1.97 bits per heavy atom. The second-order valence-electron chi connectivity index (χ2n) is 8.62. The van der Waals surface area contributed by atoms with Gasteiger partial charge in [-0.1, -0.05) is 6.42 Å². The summed E-state index contributed by atoms with van der Waals surface area (Å²) in [5.74, 6) is 0.0141. The number of rotatable bonds is 9. The van der Waals surface area contributed by atoms with Crippen molar-refractivity contribution in [2.24, 2.45) is 0 Å². The molecule has 9 heteroatoms. The first-order valence-electron chi connectivity index (χ1n) is 11.5. The maximum absolute atomic E-state index is 13.3. The number of nitrogens with zero attached hydrogens (tertiary/aromatic N) is 4. The van der Waals surface area contributed by atoms with E-state index in [4.69, 9.17) is 9.47 Å². The maximum Gasteiger partial charge on any atom is 0.274 e. The van der Waals surface area contributed by atoms with Crippen LogP contribution in [0.5, 0.6) is 0 Å². The van der Waals surface area contributed by atoms with Crippen molar-refractivity contribution in [3.8, 4) is 0 Å². The third-order valence-electron chi connectivity index (χ3n) is 5.99. The number of ether oxygens (including phenoxy) is 2. The molecule has 1 N–H and O–H groups in total. The molecule has 2 aromatic rings. The van der Waals surface area contributed by atoms with E-state index < -0.39 is 0 Å². The maximum atomic E-state index is 13.3. The zero-order valence-electron chi connectivity index (χ0n) is 18.7. The summed E-state index contributed by atoms with van der Waals surface area (Å²) in [5.41, 5.74) is 1.54.